The maximum atomic E-state index is 12.6. The Labute approximate surface area is 172 Å². The second-order valence-corrected chi connectivity index (χ2v) is 8.46. The van der Waals surface area contributed by atoms with Gasteiger partial charge in [0.2, 0.25) is 0 Å². The average molecular weight is 392 g/mol. The highest BCUT2D eigenvalue weighted by atomic mass is 16.5. The fourth-order valence-electron chi connectivity index (χ4n) is 4.72. The summed E-state index contributed by atoms with van der Waals surface area (Å²) >= 11 is 0. The fourth-order valence-corrected chi connectivity index (χ4v) is 4.72. The number of rotatable bonds is 6. The van der Waals surface area contributed by atoms with Gasteiger partial charge in [0.15, 0.2) is 0 Å². The van der Waals surface area contributed by atoms with Gasteiger partial charge in [0.05, 0.1) is 12.6 Å². The first-order valence-electron chi connectivity index (χ1n) is 10.9. The molecule has 1 amide bonds. The molecule has 5 heteroatoms. The Morgan fingerprint density at radius 2 is 1.93 bits per heavy atom. The van der Waals surface area contributed by atoms with Crippen LogP contribution in [-0.4, -0.2) is 25.6 Å². The molecule has 3 N–H and O–H groups in total. The van der Waals surface area contributed by atoms with Crippen molar-refractivity contribution in [3.63, 3.8) is 0 Å². The summed E-state index contributed by atoms with van der Waals surface area (Å²) in [5.41, 5.74) is 4.38. The molecule has 0 aromatic heterocycles. The van der Waals surface area contributed by atoms with Crippen LogP contribution in [0.3, 0.4) is 0 Å². The van der Waals surface area contributed by atoms with Crippen LogP contribution in [0.2, 0.25) is 0 Å². The quantitative estimate of drug-likeness (QED) is 0.695. The van der Waals surface area contributed by atoms with Crippen molar-refractivity contribution < 1.29 is 9.53 Å². The molecule has 2 heterocycles. The first kappa shape index (κ1) is 18.5. The number of nitrogens with one attached hydrogen (secondary N) is 3. The zero-order valence-corrected chi connectivity index (χ0v) is 16.9. The van der Waals surface area contributed by atoms with Gasteiger partial charge in [0.25, 0.3) is 5.91 Å². The molecule has 2 aliphatic heterocycles. The van der Waals surface area contributed by atoms with Crippen LogP contribution in [0, 0.1) is 11.8 Å². The number of benzene rings is 2. The summed E-state index contributed by atoms with van der Waals surface area (Å²) in [6.07, 6.45) is 3.61. The van der Waals surface area contributed by atoms with E-state index in [-0.39, 0.29) is 18.0 Å². The van der Waals surface area contributed by atoms with E-state index in [1.807, 2.05) is 13.0 Å². The zero-order valence-electron chi connectivity index (χ0n) is 16.9. The predicted octanol–water partition coefficient (Wildman–Crippen LogP) is 4.04. The van der Waals surface area contributed by atoms with Gasteiger partial charge in [-0.2, -0.15) is 0 Å². The lowest BCUT2D eigenvalue weighted by Gasteiger charge is -2.37. The van der Waals surface area contributed by atoms with E-state index in [1.54, 1.807) is 0 Å². The second-order valence-electron chi connectivity index (χ2n) is 8.46. The molecule has 3 atom stereocenters. The summed E-state index contributed by atoms with van der Waals surface area (Å²) in [6, 6.07) is 15.1. The molecule has 1 saturated heterocycles. The Kier molecular flexibility index (Phi) is 4.92. The molecule has 152 valence electrons. The number of hydrogen-bond donors (Lipinski definition) is 3. The molecule has 2 fully saturated rings. The number of ether oxygens (including phenoxy) is 1. The standard InChI is InChI=1S/C24H29N3O2/c1-2-29-18-8-5-16(6-9-18)22-19-11-12-25-23(19)20-13-17(7-10-21(20)27-22)24(28)26-14-15-3-4-15/h5-10,13,15,19,22-23,25,27H,2-4,11-12,14H2,1H3,(H,26,28)/t19-,22?,23-/m0/s1. The van der Waals surface area contributed by atoms with Gasteiger partial charge in [-0.15, -0.1) is 0 Å². The largest absolute Gasteiger partial charge is 0.494 e. The third-order valence-electron chi connectivity index (χ3n) is 6.46. The van der Waals surface area contributed by atoms with E-state index in [4.69, 9.17) is 4.74 Å². The van der Waals surface area contributed by atoms with Gasteiger partial charge in [-0.25, -0.2) is 0 Å². The number of anilines is 1. The Balaban J connectivity index is 1.39. The smallest absolute Gasteiger partial charge is 0.251 e. The van der Waals surface area contributed by atoms with Crippen molar-refractivity contribution in [2.24, 2.45) is 11.8 Å². The lowest BCUT2D eigenvalue weighted by atomic mass is 9.80. The summed E-state index contributed by atoms with van der Waals surface area (Å²) in [5, 5.41) is 10.5. The van der Waals surface area contributed by atoms with Crippen molar-refractivity contribution in [3.8, 4) is 5.75 Å². The van der Waals surface area contributed by atoms with Gasteiger partial charge in [-0.05, 0) is 80.1 Å². The van der Waals surface area contributed by atoms with Gasteiger partial charge in [0, 0.05) is 29.8 Å². The van der Waals surface area contributed by atoms with Crippen LogP contribution >= 0.6 is 0 Å². The lowest BCUT2D eigenvalue weighted by Crippen LogP contribution is -2.33. The first-order chi connectivity index (χ1) is 14.2. The highest BCUT2D eigenvalue weighted by Gasteiger charge is 2.40. The third-order valence-corrected chi connectivity index (χ3v) is 6.46. The molecule has 1 unspecified atom stereocenters. The molecule has 0 radical (unpaired) electrons. The Hall–Kier alpha value is -2.53. The molecule has 1 saturated carbocycles. The van der Waals surface area contributed by atoms with Crippen LogP contribution in [0.4, 0.5) is 5.69 Å². The highest BCUT2D eigenvalue weighted by Crippen LogP contribution is 2.47. The second kappa shape index (κ2) is 7.71. The summed E-state index contributed by atoms with van der Waals surface area (Å²) in [7, 11) is 0. The summed E-state index contributed by atoms with van der Waals surface area (Å²) in [4.78, 5) is 12.6. The van der Waals surface area contributed by atoms with Gasteiger partial charge in [-0.1, -0.05) is 12.1 Å². The van der Waals surface area contributed by atoms with Crippen molar-refractivity contribution in [2.75, 3.05) is 25.0 Å². The zero-order chi connectivity index (χ0) is 19.8. The van der Waals surface area contributed by atoms with Gasteiger partial charge in [0.1, 0.15) is 5.75 Å². The number of amides is 1. The third kappa shape index (κ3) is 3.71. The van der Waals surface area contributed by atoms with E-state index in [9.17, 15) is 4.79 Å². The van der Waals surface area contributed by atoms with Crippen molar-refractivity contribution in [2.45, 2.75) is 38.3 Å². The number of fused-ring (bicyclic) bond motifs is 3. The maximum Gasteiger partial charge on any atom is 0.251 e. The van der Waals surface area contributed by atoms with E-state index in [1.165, 1.54) is 24.0 Å². The Morgan fingerprint density at radius 3 is 2.69 bits per heavy atom. The molecule has 3 aliphatic rings. The van der Waals surface area contributed by atoms with E-state index in [2.05, 4.69) is 52.3 Å². The monoisotopic (exact) mass is 391 g/mol. The minimum Gasteiger partial charge on any atom is -0.494 e. The van der Waals surface area contributed by atoms with Crippen LogP contribution in [0.1, 0.15) is 59.8 Å². The molecular formula is C24H29N3O2. The molecule has 0 spiro atoms. The molecule has 2 aromatic rings. The minimum absolute atomic E-state index is 0.0443. The molecule has 29 heavy (non-hydrogen) atoms. The summed E-state index contributed by atoms with van der Waals surface area (Å²) < 4.78 is 5.59. The van der Waals surface area contributed by atoms with Gasteiger partial charge in [-0.3, -0.25) is 4.79 Å². The predicted molar refractivity (Wildman–Crippen MR) is 114 cm³/mol. The molecule has 1 aliphatic carbocycles. The van der Waals surface area contributed by atoms with Crippen LogP contribution in [0.5, 0.6) is 5.75 Å². The van der Waals surface area contributed by atoms with Crippen LogP contribution in [0.25, 0.3) is 0 Å². The van der Waals surface area contributed by atoms with Crippen LogP contribution in [-0.2, 0) is 0 Å². The van der Waals surface area contributed by atoms with Crippen molar-refractivity contribution in [1.82, 2.24) is 10.6 Å². The topological polar surface area (TPSA) is 62.4 Å². The summed E-state index contributed by atoms with van der Waals surface area (Å²) in [5.74, 6) is 2.11. The normalized spacial score (nSPS) is 24.9. The molecule has 5 rings (SSSR count). The van der Waals surface area contributed by atoms with E-state index >= 15 is 0 Å². The molecule has 5 nitrogen and oxygen atoms in total. The lowest BCUT2D eigenvalue weighted by molar-refractivity contribution is 0.0951. The van der Waals surface area contributed by atoms with Crippen LogP contribution in [0.15, 0.2) is 42.5 Å². The van der Waals surface area contributed by atoms with Gasteiger partial charge < -0.3 is 20.7 Å². The number of hydrogen-bond acceptors (Lipinski definition) is 4. The first-order valence-corrected chi connectivity index (χ1v) is 10.9. The minimum atomic E-state index is 0.0443. The SMILES string of the molecule is CCOc1ccc(C2Nc3ccc(C(=O)NCC4CC4)cc3[C@H]3NCC[C@@H]23)cc1. The van der Waals surface area contributed by atoms with Crippen molar-refractivity contribution in [1.29, 1.82) is 0 Å². The fraction of sp³-hybridized carbons (Fsp3) is 0.458. The average Bonchev–Trinajstić information content (AvgIpc) is 3.45. The number of carbonyl (C=O) groups is 1. The molecule has 0 bridgehead atoms. The van der Waals surface area contributed by atoms with Crippen molar-refractivity contribution >= 4 is 11.6 Å². The number of carbonyl (C=O) groups excluding carboxylic acids is 1. The highest BCUT2D eigenvalue weighted by molar-refractivity contribution is 5.95. The van der Waals surface area contributed by atoms with Crippen molar-refractivity contribution in [3.05, 3.63) is 59.2 Å². The van der Waals surface area contributed by atoms with Gasteiger partial charge >= 0.3 is 0 Å². The van der Waals surface area contributed by atoms with Crippen LogP contribution < -0.4 is 20.7 Å². The molecular weight excluding hydrogens is 362 g/mol. The Bertz CT molecular complexity index is 891. The van der Waals surface area contributed by atoms with E-state index in [0.29, 0.717) is 18.4 Å². The molecule has 2 aromatic carbocycles. The van der Waals surface area contributed by atoms with E-state index in [0.717, 1.165) is 36.5 Å². The maximum absolute atomic E-state index is 12.6. The van der Waals surface area contributed by atoms with E-state index < -0.39 is 0 Å². The summed E-state index contributed by atoms with van der Waals surface area (Å²) in [6.45, 7) is 4.49. The Morgan fingerprint density at radius 1 is 1.10 bits per heavy atom.